The first kappa shape index (κ1) is 23.0. The second-order valence-electron chi connectivity index (χ2n) is 6.94. The molecule has 0 saturated heterocycles. The number of Topliss-reactive ketones (excluding diaryl/α,β-unsaturated/α-hetero) is 1. The van der Waals surface area contributed by atoms with Gasteiger partial charge >= 0.3 is 5.97 Å². The van der Waals surface area contributed by atoms with E-state index in [9.17, 15) is 23.6 Å². The van der Waals surface area contributed by atoms with Crippen LogP contribution < -0.4 is 10.6 Å². The zero-order chi connectivity index (χ0) is 24.1. The number of carboxylic acid groups (broad SMARTS) is 1. The maximum Gasteiger partial charge on any atom is 0.335 e. The molecule has 0 saturated carbocycles. The number of hydrogen-bond acceptors (Lipinski definition) is 5. The molecule has 0 unspecified atom stereocenters. The van der Waals surface area contributed by atoms with Crippen molar-refractivity contribution >= 4 is 35.3 Å². The van der Waals surface area contributed by atoms with Crippen molar-refractivity contribution in [1.29, 1.82) is 0 Å². The minimum atomic E-state index is -1.17. The Kier molecular flexibility index (Phi) is 6.73. The molecule has 0 fully saturated rings. The van der Waals surface area contributed by atoms with Gasteiger partial charge in [-0.25, -0.2) is 9.18 Å². The van der Waals surface area contributed by atoms with E-state index in [0.29, 0.717) is 16.8 Å². The molecule has 0 atom stereocenters. The second-order valence-corrected chi connectivity index (χ2v) is 6.94. The number of hydrogen-bond donors (Lipinski definition) is 2. The molecular formula is C24H18FN3O5. The van der Waals surface area contributed by atoms with E-state index < -0.39 is 29.4 Å². The van der Waals surface area contributed by atoms with Gasteiger partial charge in [-0.15, -0.1) is 0 Å². The molecule has 166 valence electrons. The van der Waals surface area contributed by atoms with Crippen LogP contribution in [0.2, 0.25) is 0 Å². The fourth-order valence-corrected chi connectivity index (χ4v) is 3.08. The van der Waals surface area contributed by atoms with Gasteiger partial charge in [-0.05, 0) is 54.1 Å². The van der Waals surface area contributed by atoms with Crippen LogP contribution in [-0.4, -0.2) is 40.7 Å². The molecule has 1 aromatic heterocycles. The van der Waals surface area contributed by atoms with Crippen molar-refractivity contribution in [2.45, 2.75) is 0 Å². The van der Waals surface area contributed by atoms with Gasteiger partial charge in [-0.2, -0.15) is 0 Å². The molecular weight excluding hydrogens is 429 g/mol. The van der Waals surface area contributed by atoms with Gasteiger partial charge in [0.15, 0.2) is 0 Å². The van der Waals surface area contributed by atoms with Crippen molar-refractivity contribution in [2.75, 3.05) is 11.9 Å². The molecule has 1 aliphatic rings. The number of carbonyl (C=O) groups is 4. The van der Waals surface area contributed by atoms with Gasteiger partial charge in [-0.1, -0.05) is 12.1 Å². The molecule has 0 aliphatic carbocycles. The van der Waals surface area contributed by atoms with Crippen LogP contribution in [0.15, 0.2) is 72.6 Å². The molecule has 0 spiro atoms. The highest BCUT2D eigenvalue weighted by molar-refractivity contribution is 6.36. The van der Waals surface area contributed by atoms with Gasteiger partial charge in [0.05, 0.1) is 16.8 Å². The summed E-state index contributed by atoms with van der Waals surface area (Å²) in [6.07, 6.45) is 4.36. The van der Waals surface area contributed by atoms with Crippen molar-refractivity contribution in [3.63, 3.8) is 0 Å². The van der Waals surface area contributed by atoms with Gasteiger partial charge in [0.1, 0.15) is 5.82 Å². The molecule has 2 heterocycles. The quantitative estimate of drug-likeness (QED) is 0.469. The number of anilines is 1. The monoisotopic (exact) mass is 447 g/mol. The predicted octanol–water partition coefficient (Wildman–Crippen LogP) is 2.95. The zero-order valence-corrected chi connectivity index (χ0v) is 17.4. The molecule has 3 aromatic rings. The van der Waals surface area contributed by atoms with Gasteiger partial charge in [0.25, 0.3) is 5.91 Å². The van der Waals surface area contributed by atoms with Crippen molar-refractivity contribution in [2.24, 2.45) is 5.73 Å². The van der Waals surface area contributed by atoms with Crippen LogP contribution >= 0.6 is 0 Å². The zero-order valence-electron chi connectivity index (χ0n) is 17.4. The predicted molar refractivity (Wildman–Crippen MR) is 118 cm³/mol. The Morgan fingerprint density at radius 1 is 1.03 bits per heavy atom. The first-order valence-corrected chi connectivity index (χ1v) is 9.56. The van der Waals surface area contributed by atoms with Crippen LogP contribution in [0.3, 0.4) is 0 Å². The molecule has 9 heteroatoms. The van der Waals surface area contributed by atoms with E-state index in [-0.39, 0.29) is 16.7 Å². The highest BCUT2D eigenvalue weighted by Crippen LogP contribution is 2.31. The molecule has 1 aliphatic heterocycles. The van der Waals surface area contributed by atoms with E-state index in [1.807, 2.05) is 0 Å². The molecule has 8 nitrogen and oxygen atoms in total. The Bertz CT molecular complexity index is 1290. The fraction of sp³-hybridized carbons (Fsp3) is 0.0417. The number of nitrogens with two attached hydrogens (primary N) is 1. The normalized spacial score (nSPS) is 13.8. The number of aromatic carboxylic acids is 1. The number of rotatable bonds is 3. The largest absolute Gasteiger partial charge is 0.478 e. The Morgan fingerprint density at radius 3 is 2.30 bits per heavy atom. The van der Waals surface area contributed by atoms with Crippen LogP contribution in [0.1, 0.15) is 36.6 Å². The average Bonchev–Trinajstić information content (AvgIpc) is 2.81. The number of primary amides is 1. The Balaban J connectivity index is 0.000000286. The Hall–Kier alpha value is -4.66. The third kappa shape index (κ3) is 5.16. The second kappa shape index (κ2) is 9.65. The summed E-state index contributed by atoms with van der Waals surface area (Å²) < 4.78 is 13.3. The highest BCUT2D eigenvalue weighted by Gasteiger charge is 2.33. The van der Waals surface area contributed by atoms with Crippen LogP contribution in [0.5, 0.6) is 0 Å². The van der Waals surface area contributed by atoms with Crippen molar-refractivity contribution < 1.29 is 28.7 Å². The summed E-state index contributed by atoms with van der Waals surface area (Å²) in [6.45, 7) is 0. The Morgan fingerprint density at radius 2 is 1.73 bits per heavy atom. The third-order valence-corrected chi connectivity index (χ3v) is 4.75. The van der Waals surface area contributed by atoms with Gasteiger partial charge < -0.3 is 15.7 Å². The number of fused-ring (bicyclic) bond motifs is 1. The minimum absolute atomic E-state index is 0.0463. The lowest BCUT2D eigenvalue weighted by molar-refractivity contribution is -0.114. The third-order valence-electron chi connectivity index (χ3n) is 4.75. The molecule has 0 bridgehead atoms. The van der Waals surface area contributed by atoms with E-state index in [2.05, 4.69) is 4.98 Å². The van der Waals surface area contributed by atoms with Gasteiger partial charge in [0.2, 0.25) is 11.7 Å². The number of benzene rings is 2. The molecule has 33 heavy (non-hydrogen) atoms. The summed E-state index contributed by atoms with van der Waals surface area (Å²) >= 11 is 0. The summed E-state index contributed by atoms with van der Waals surface area (Å²) in [7, 11) is 1.49. The number of likely N-dealkylation sites (N-methyl/N-ethyl adjacent to an activating group) is 1. The summed E-state index contributed by atoms with van der Waals surface area (Å²) in [6, 6.07) is 12.6. The smallest absolute Gasteiger partial charge is 0.335 e. The molecule has 0 radical (unpaired) electrons. The lowest BCUT2D eigenvalue weighted by atomic mass is 9.92. The molecule has 2 amide bonds. The summed E-state index contributed by atoms with van der Waals surface area (Å²) in [4.78, 5) is 51.6. The Labute approximate surface area is 187 Å². The number of carbonyl (C=O) groups excluding carboxylic acids is 3. The van der Waals surface area contributed by atoms with Crippen molar-refractivity contribution in [3.05, 3.63) is 101 Å². The van der Waals surface area contributed by atoms with Gasteiger partial charge in [0, 0.05) is 30.6 Å². The van der Waals surface area contributed by atoms with Crippen LogP contribution in [0.4, 0.5) is 10.1 Å². The van der Waals surface area contributed by atoms with E-state index in [1.165, 1.54) is 66.8 Å². The number of carboxylic acids is 1. The van der Waals surface area contributed by atoms with E-state index in [4.69, 9.17) is 10.8 Å². The lowest BCUT2D eigenvalue weighted by Gasteiger charge is -2.26. The number of amides is 2. The first-order valence-electron chi connectivity index (χ1n) is 9.56. The maximum absolute atomic E-state index is 13.3. The SMILES string of the molecule is CN1C(=O)/C(=C/c2cccc(F)c2)C(=O)c2cc(C(=O)O)ccc21.NC(=O)c1ccncc1. The van der Waals surface area contributed by atoms with Crippen molar-refractivity contribution in [1.82, 2.24) is 4.98 Å². The topological polar surface area (TPSA) is 131 Å². The summed E-state index contributed by atoms with van der Waals surface area (Å²) in [5, 5.41) is 9.07. The number of pyridine rings is 1. The molecule has 4 rings (SSSR count). The first-order chi connectivity index (χ1) is 15.7. The fourth-order valence-electron chi connectivity index (χ4n) is 3.08. The highest BCUT2D eigenvalue weighted by atomic mass is 19.1. The summed E-state index contributed by atoms with van der Waals surface area (Å²) in [5.74, 6) is -3.18. The van der Waals surface area contributed by atoms with Crippen molar-refractivity contribution in [3.8, 4) is 0 Å². The van der Waals surface area contributed by atoms with E-state index in [1.54, 1.807) is 18.2 Å². The molecule has 3 N–H and O–H groups in total. The van der Waals surface area contributed by atoms with Gasteiger partial charge in [-0.3, -0.25) is 19.4 Å². The average molecular weight is 447 g/mol. The number of aromatic nitrogens is 1. The maximum atomic E-state index is 13.3. The van der Waals surface area contributed by atoms with E-state index >= 15 is 0 Å². The number of halogens is 1. The molecule has 2 aromatic carbocycles. The van der Waals surface area contributed by atoms with E-state index in [0.717, 1.165) is 0 Å². The van der Waals surface area contributed by atoms with Crippen LogP contribution in [-0.2, 0) is 4.79 Å². The van der Waals surface area contributed by atoms with Crippen LogP contribution in [0, 0.1) is 5.82 Å². The number of ketones is 1. The lowest BCUT2D eigenvalue weighted by Crippen LogP contribution is -2.36. The minimum Gasteiger partial charge on any atom is -0.478 e. The summed E-state index contributed by atoms with van der Waals surface area (Å²) in [5.41, 5.74) is 6.09. The number of nitrogens with zero attached hydrogens (tertiary/aromatic N) is 2. The van der Waals surface area contributed by atoms with Crippen LogP contribution in [0.25, 0.3) is 6.08 Å². The standard InChI is InChI=1S/C18H12FNO4.C6H6N2O/c1-20-15-6-5-11(18(23)24)9-13(15)16(21)14(17(20)22)8-10-3-2-4-12(19)7-10;7-6(9)5-1-3-8-4-2-5/h2-9H,1H3,(H,23,24);1-4H,(H2,7,9)/b14-8+;.